The second-order valence-corrected chi connectivity index (χ2v) is 33.0. The van der Waals surface area contributed by atoms with Gasteiger partial charge in [0.05, 0.1) is 55.2 Å². The number of benzene rings is 17. The normalized spacial score (nSPS) is 11.7. The molecule has 0 aliphatic rings. The van der Waals surface area contributed by atoms with Crippen LogP contribution in [0, 0.1) is 0 Å². The third kappa shape index (κ3) is 13.3. The van der Waals surface area contributed by atoms with Gasteiger partial charge in [0.25, 0.3) is 0 Å². The molecule has 0 bridgehead atoms. The van der Waals surface area contributed by atoms with Gasteiger partial charge in [-0.05, 0) is 240 Å². The highest BCUT2D eigenvalue weighted by atomic mass is 15.1. The summed E-state index contributed by atoms with van der Waals surface area (Å²) in [5.41, 5.74) is 29.3. The van der Waals surface area contributed by atoms with Crippen molar-refractivity contribution in [3.63, 3.8) is 0 Å². The van der Waals surface area contributed by atoms with Gasteiger partial charge in [-0.2, -0.15) is 0 Å². The van der Waals surface area contributed by atoms with E-state index >= 15 is 0 Å². The van der Waals surface area contributed by atoms with E-state index in [1.807, 2.05) is 97.1 Å². The molecule has 0 saturated heterocycles. The summed E-state index contributed by atoms with van der Waals surface area (Å²) in [5.74, 6) is 3.46. The van der Waals surface area contributed by atoms with Gasteiger partial charge in [0.15, 0.2) is 34.9 Å². The highest BCUT2D eigenvalue weighted by Crippen LogP contribution is 2.45. The van der Waals surface area contributed by atoms with Crippen LogP contribution in [-0.4, -0.2) is 62.7 Å². The fourth-order valence-electron chi connectivity index (χ4n) is 19.3. The number of aromatic nitrogens is 13. The van der Waals surface area contributed by atoms with Crippen LogP contribution in [0.4, 0.5) is 0 Å². The van der Waals surface area contributed by atoms with E-state index in [9.17, 15) is 0 Å². The lowest BCUT2D eigenvalue weighted by Crippen LogP contribution is -2.01. The Balaban J connectivity index is 0.000000147. The van der Waals surface area contributed by atoms with Crippen molar-refractivity contribution >= 4 is 109 Å². The molecule has 612 valence electrons. The van der Waals surface area contributed by atoms with Crippen LogP contribution in [0.25, 0.3) is 239 Å². The van der Waals surface area contributed by atoms with Gasteiger partial charge >= 0.3 is 0 Å². The lowest BCUT2D eigenvalue weighted by atomic mass is 9.98. The molecule has 0 fully saturated rings. The molecule has 0 N–H and O–H groups in total. The molecule has 0 aliphatic carbocycles. The molecule has 0 atom stereocenters. The van der Waals surface area contributed by atoms with Gasteiger partial charge in [0.2, 0.25) is 0 Å². The summed E-state index contributed by atoms with van der Waals surface area (Å²) >= 11 is 0. The zero-order valence-corrected chi connectivity index (χ0v) is 70.6. The average molecular weight is 1670 g/mol. The molecule has 26 rings (SSSR count). The Morgan fingerprint density at radius 2 is 0.321 bits per heavy atom. The fraction of sp³-hybridized carbons (Fsp3) is 0. The van der Waals surface area contributed by atoms with Gasteiger partial charge in [0, 0.05) is 117 Å². The zero-order chi connectivity index (χ0) is 86.4. The van der Waals surface area contributed by atoms with Crippen LogP contribution in [0.3, 0.4) is 0 Å². The molecule has 0 aliphatic heterocycles. The van der Waals surface area contributed by atoms with Crippen LogP contribution >= 0.6 is 0 Å². The minimum atomic E-state index is 0.528. The Morgan fingerprint density at radius 1 is 0.130 bits per heavy atom. The standard InChI is InChI=1S/C68H43N7.C50H32N6/c1-4-16-44(17-5-1)66-70-67(72-68(71-66)59-24-14-15-39-69-59)45-27-33-52(34-28-45)75-64-37-31-48(46-29-35-62-55(40-46)53-22-10-12-25-60(53)73(62)50-18-6-2-7-19-50)42-57(64)58-43-49(32-38-65(58)75)47-30-36-63-56(41-47)54-23-11-13-26-61(54)74(63)51-20-8-3-9-21-51;1-3-13-33(14-4-1)48-52-49(54-50(53-48)43-19-11-12-30-51-43)34-22-26-38(27-23-34)56-45-21-10-8-18-40(45)42-32-36(25-29-47(42)56)35-24-28-46-41(31-35)39-17-7-9-20-44(39)55(46)37-15-5-2-6-16-37/h1-43H;1-32H. The monoisotopic (exact) mass is 1670 g/mol. The quantitative estimate of drug-likeness (QED) is 0.105. The molecule has 0 radical (unpaired) electrons. The maximum atomic E-state index is 5.01. The number of fused-ring (bicyclic) bond motifs is 15. The summed E-state index contributed by atoms with van der Waals surface area (Å²) in [6.45, 7) is 0. The van der Waals surface area contributed by atoms with E-state index < -0.39 is 0 Å². The van der Waals surface area contributed by atoms with Crippen molar-refractivity contribution in [2.24, 2.45) is 0 Å². The van der Waals surface area contributed by atoms with E-state index in [0.717, 1.165) is 83.9 Å². The van der Waals surface area contributed by atoms with Crippen molar-refractivity contribution in [1.29, 1.82) is 0 Å². The van der Waals surface area contributed by atoms with Crippen molar-refractivity contribution < 1.29 is 0 Å². The minimum Gasteiger partial charge on any atom is -0.309 e. The molecule has 0 spiro atoms. The van der Waals surface area contributed by atoms with Crippen LogP contribution < -0.4 is 0 Å². The summed E-state index contributed by atoms with van der Waals surface area (Å²) in [6.07, 6.45) is 3.52. The lowest BCUT2D eigenvalue weighted by molar-refractivity contribution is 1.06. The Hall–Kier alpha value is -17.9. The molecular formula is C118H75N13. The molecule has 0 amide bonds. The summed E-state index contributed by atoms with van der Waals surface area (Å²) in [6, 6.07) is 157. The third-order valence-corrected chi connectivity index (χ3v) is 25.4. The predicted octanol–water partition coefficient (Wildman–Crippen LogP) is 29.0. The number of hydrogen-bond acceptors (Lipinski definition) is 8. The second kappa shape index (κ2) is 31.6. The van der Waals surface area contributed by atoms with Crippen molar-refractivity contribution in [3.05, 3.63) is 455 Å². The van der Waals surface area contributed by atoms with Gasteiger partial charge in [-0.25, -0.2) is 29.9 Å². The number of rotatable bonds is 14. The molecular weight excluding hydrogens is 1600 g/mol. The molecule has 26 aromatic rings. The molecule has 13 heteroatoms. The zero-order valence-electron chi connectivity index (χ0n) is 70.6. The van der Waals surface area contributed by atoms with Crippen molar-refractivity contribution in [2.45, 2.75) is 0 Å². The summed E-state index contributed by atoms with van der Waals surface area (Å²) in [4.78, 5) is 38.6. The molecule has 9 heterocycles. The van der Waals surface area contributed by atoms with Crippen LogP contribution in [-0.2, 0) is 0 Å². The van der Waals surface area contributed by atoms with Gasteiger partial charge < -0.3 is 22.8 Å². The maximum absolute atomic E-state index is 5.01. The summed E-state index contributed by atoms with van der Waals surface area (Å²) < 4.78 is 11.8. The highest BCUT2D eigenvalue weighted by Gasteiger charge is 2.24. The van der Waals surface area contributed by atoms with E-state index in [4.69, 9.17) is 29.9 Å². The van der Waals surface area contributed by atoms with Crippen LogP contribution in [0.15, 0.2) is 455 Å². The van der Waals surface area contributed by atoms with E-state index in [1.54, 1.807) is 12.4 Å². The van der Waals surface area contributed by atoms with Crippen molar-refractivity contribution in [2.75, 3.05) is 0 Å². The molecule has 9 aromatic heterocycles. The third-order valence-electron chi connectivity index (χ3n) is 25.4. The molecule has 131 heavy (non-hydrogen) atoms. The van der Waals surface area contributed by atoms with Crippen LogP contribution in [0.5, 0.6) is 0 Å². The first-order chi connectivity index (χ1) is 64.9. The van der Waals surface area contributed by atoms with E-state index in [-0.39, 0.29) is 0 Å². The minimum absolute atomic E-state index is 0.528. The Morgan fingerprint density at radius 3 is 0.573 bits per heavy atom. The topological polar surface area (TPSA) is 128 Å². The van der Waals surface area contributed by atoms with E-state index in [1.165, 1.54) is 109 Å². The summed E-state index contributed by atoms with van der Waals surface area (Å²) in [7, 11) is 0. The van der Waals surface area contributed by atoms with E-state index in [0.29, 0.717) is 46.3 Å². The smallest absolute Gasteiger partial charge is 0.182 e. The lowest BCUT2D eigenvalue weighted by Gasteiger charge is -2.11. The Bertz CT molecular complexity index is 8590. The Labute approximate surface area is 752 Å². The number of nitrogens with zero attached hydrogens (tertiary/aromatic N) is 13. The maximum Gasteiger partial charge on any atom is 0.182 e. The highest BCUT2D eigenvalue weighted by molar-refractivity contribution is 6.17. The molecule has 13 nitrogen and oxygen atoms in total. The van der Waals surface area contributed by atoms with Crippen molar-refractivity contribution in [3.8, 4) is 130 Å². The molecule has 0 saturated carbocycles. The second-order valence-electron chi connectivity index (χ2n) is 33.0. The predicted molar refractivity (Wildman–Crippen MR) is 536 cm³/mol. The average Bonchev–Trinajstić information content (AvgIpc) is 1.59. The van der Waals surface area contributed by atoms with Crippen molar-refractivity contribution in [1.82, 2.24) is 62.7 Å². The van der Waals surface area contributed by atoms with Crippen LogP contribution in [0.1, 0.15) is 0 Å². The molecule has 17 aromatic carbocycles. The molecule has 0 unspecified atom stereocenters. The first kappa shape index (κ1) is 75.6. The SMILES string of the molecule is c1ccc(-c2nc(-c3ccc(-n4c5ccc(-c6ccc7c(c6)c6ccccc6n7-c6ccccc6)cc5c5cc(-c6ccc7c(c6)c6ccccc6n7-c6ccccc6)ccc54)cc3)nc(-c3ccccn3)n2)cc1.c1ccc(-c2nc(-c3ccc(-n4c5ccccc5c5cc(-c6ccc7c(c6)c6ccccc6n7-c6ccccc6)ccc54)cc3)nc(-c3ccccn3)n2)cc1. The van der Waals surface area contributed by atoms with Crippen LogP contribution in [0.2, 0.25) is 0 Å². The van der Waals surface area contributed by atoms with Gasteiger partial charge in [0.1, 0.15) is 11.4 Å². The van der Waals surface area contributed by atoms with Gasteiger partial charge in [-0.3, -0.25) is 9.97 Å². The number of para-hydroxylation sites is 7. The summed E-state index contributed by atoms with van der Waals surface area (Å²) in [5, 5.41) is 12.2. The first-order valence-corrected chi connectivity index (χ1v) is 44.0. The Kier molecular flexibility index (Phi) is 18.2. The first-order valence-electron chi connectivity index (χ1n) is 44.0. The fourth-order valence-corrected chi connectivity index (χ4v) is 19.3. The number of pyridine rings is 2. The van der Waals surface area contributed by atoms with Gasteiger partial charge in [-0.1, -0.05) is 237 Å². The van der Waals surface area contributed by atoms with Gasteiger partial charge in [-0.15, -0.1) is 0 Å². The van der Waals surface area contributed by atoms with E-state index in [2.05, 4.69) is 379 Å². The largest absolute Gasteiger partial charge is 0.309 e. The number of hydrogen-bond donors (Lipinski definition) is 0.